The molecule has 0 saturated carbocycles. The molecule has 4 heteroatoms. The van der Waals surface area contributed by atoms with Gasteiger partial charge in [-0.3, -0.25) is 14.6 Å². The summed E-state index contributed by atoms with van der Waals surface area (Å²) in [5, 5.41) is 12.2. The Bertz CT molecular complexity index is 549. The van der Waals surface area contributed by atoms with E-state index in [1.54, 1.807) is 7.05 Å². The zero-order valence-corrected chi connectivity index (χ0v) is 9.32. The molecule has 0 fully saturated rings. The number of aromatic nitrogens is 2. The van der Waals surface area contributed by atoms with Crippen LogP contribution < -0.4 is 5.56 Å². The summed E-state index contributed by atoms with van der Waals surface area (Å²) in [6.45, 7) is 2.07. The van der Waals surface area contributed by atoms with Crippen molar-refractivity contribution in [1.82, 2.24) is 9.78 Å². The van der Waals surface area contributed by atoms with E-state index in [1.165, 1.54) is 10.2 Å². The second-order valence-corrected chi connectivity index (χ2v) is 3.75. The average molecular weight is 218 g/mol. The van der Waals surface area contributed by atoms with Gasteiger partial charge in [0.25, 0.3) is 5.56 Å². The number of nitrogens with one attached hydrogen (secondary N) is 1. The lowest BCUT2D eigenvalue weighted by molar-refractivity contribution is 0.420. The van der Waals surface area contributed by atoms with Crippen LogP contribution in [0.15, 0.2) is 29.1 Å². The molecule has 0 spiro atoms. The summed E-state index contributed by atoms with van der Waals surface area (Å²) in [6, 6.07) is 7.62. The van der Waals surface area contributed by atoms with Crippen LogP contribution in [0, 0.1) is 0 Å². The summed E-state index contributed by atoms with van der Waals surface area (Å²) in [7, 11) is 1.60. The van der Waals surface area contributed by atoms with E-state index < -0.39 is 0 Å². The Morgan fingerprint density at radius 2 is 1.94 bits per heavy atom. The Morgan fingerprint density at radius 1 is 1.31 bits per heavy atom. The van der Waals surface area contributed by atoms with E-state index in [1.807, 2.05) is 24.3 Å². The summed E-state index contributed by atoms with van der Waals surface area (Å²) in [6.07, 6.45) is 0.956. The van der Waals surface area contributed by atoms with Crippen molar-refractivity contribution >= 4 is 0 Å². The van der Waals surface area contributed by atoms with Crippen LogP contribution >= 0.6 is 0 Å². The van der Waals surface area contributed by atoms with Gasteiger partial charge in [-0.05, 0) is 17.5 Å². The van der Waals surface area contributed by atoms with Crippen molar-refractivity contribution in [3.05, 3.63) is 40.2 Å². The highest BCUT2D eigenvalue weighted by Crippen LogP contribution is 2.24. The second-order valence-electron chi connectivity index (χ2n) is 3.75. The monoisotopic (exact) mass is 218 g/mol. The highest BCUT2D eigenvalue weighted by Gasteiger charge is 2.13. The van der Waals surface area contributed by atoms with Crippen molar-refractivity contribution in [2.24, 2.45) is 7.05 Å². The third-order valence-electron chi connectivity index (χ3n) is 2.69. The Kier molecular flexibility index (Phi) is 2.56. The van der Waals surface area contributed by atoms with Gasteiger partial charge in [-0.15, -0.1) is 0 Å². The van der Waals surface area contributed by atoms with Gasteiger partial charge >= 0.3 is 0 Å². The minimum Gasteiger partial charge on any atom is -0.493 e. The predicted octanol–water partition coefficient (Wildman–Crippen LogP) is 1.65. The molecule has 4 nitrogen and oxygen atoms in total. The van der Waals surface area contributed by atoms with Crippen LogP contribution in [0.2, 0.25) is 0 Å². The molecule has 2 N–H and O–H groups in total. The third kappa shape index (κ3) is 1.62. The van der Waals surface area contributed by atoms with Gasteiger partial charge in [0, 0.05) is 7.05 Å². The topological polar surface area (TPSA) is 58.0 Å². The normalized spacial score (nSPS) is 10.6. The third-order valence-corrected chi connectivity index (χ3v) is 2.69. The summed E-state index contributed by atoms with van der Waals surface area (Å²) >= 11 is 0. The number of benzene rings is 1. The van der Waals surface area contributed by atoms with E-state index in [9.17, 15) is 9.90 Å². The maximum absolute atomic E-state index is 11.6. The van der Waals surface area contributed by atoms with Crippen LogP contribution in [-0.2, 0) is 13.5 Å². The fourth-order valence-corrected chi connectivity index (χ4v) is 1.70. The molecule has 2 aromatic rings. The minimum atomic E-state index is -0.274. The first kappa shape index (κ1) is 10.5. The number of aryl methyl sites for hydroxylation is 2. The van der Waals surface area contributed by atoms with E-state index in [0.717, 1.165) is 12.0 Å². The molecule has 0 aliphatic rings. The smallest absolute Gasteiger partial charge is 0.275 e. The van der Waals surface area contributed by atoms with E-state index in [2.05, 4.69) is 12.0 Å². The predicted molar refractivity (Wildman–Crippen MR) is 62.5 cm³/mol. The van der Waals surface area contributed by atoms with Gasteiger partial charge in [-0.2, -0.15) is 0 Å². The highest BCUT2D eigenvalue weighted by molar-refractivity contribution is 5.67. The standard InChI is InChI=1S/C12H14N2O2/c1-3-8-4-6-9(7-5-8)10-11(15)13-14(2)12(10)16/h4-7,16H,3H2,1-2H3,(H,13,15). The van der Waals surface area contributed by atoms with Crippen LogP contribution in [0.25, 0.3) is 11.1 Å². The molecular weight excluding hydrogens is 204 g/mol. The first-order valence-corrected chi connectivity index (χ1v) is 5.20. The SMILES string of the molecule is CCc1ccc(-c2c(O)n(C)[nH]c2=O)cc1. The van der Waals surface area contributed by atoms with Gasteiger partial charge in [0.1, 0.15) is 5.56 Å². The number of aromatic amines is 1. The van der Waals surface area contributed by atoms with E-state index in [0.29, 0.717) is 5.56 Å². The number of hydrogen-bond donors (Lipinski definition) is 2. The number of hydrogen-bond acceptors (Lipinski definition) is 2. The summed E-state index contributed by atoms with van der Waals surface area (Å²) in [5.41, 5.74) is 1.99. The zero-order valence-electron chi connectivity index (χ0n) is 9.32. The van der Waals surface area contributed by atoms with Gasteiger partial charge in [-0.25, -0.2) is 0 Å². The number of nitrogens with zero attached hydrogens (tertiary/aromatic N) is 1. The summed E-state index contributed by atoms with van der Waals surface area (Å²) < 4.78 is 1.31. The van der Waals surface area contributed by atoms with Crippen molar-refractivity contribution in [3.63, 3.8) is 0 Å². The van der Waals surface area contributed by atoms with Crippen molar-refractivity contribution in [2.75, 3.05) is 0 Å². The number of aromatic hydroxyl groups is 1. The lowest BCUT2D eigenvalue weighted by Crippen LogP contribution is -2.03. The van der Waals surface area contributed by atoms with Crippen LogP contribution in [-0.4, -0.2) is 14.9 Å². The lowest BCUT2D eigenvalue weighted by Gasteiger charge is -2.00. The van der Waals surface area contributed by atoms with Crippen molar-refractivity contribution in [2.45, 2.75) is 13.3 Å². The Hall–Kier alpha value is -1.97. The second kappa shape index (κ2) is 3.89. The maximum atomic E-state index is 11.6. The molecule has 0 radical (unpaired) electrons. The zero-order chi connectivity index (χ0) is 11.7. The molecule has 0 bridgehead atoms. The maximum Gasteiger partial charge on any atom is 0.275 e. The largest absolute Gasteiger partial charge is 0.493 e. The average Bonchev–Trinajstić information content (AvgIpc) is 2.54. The molecule has 0 unspecified atom stereocenters. The molecule has 84 valence electrons. The molecule has 0 aliphatic carbocycles. The first-order valence-electron chi connectivity index (χ1n) is 5.20. The first-order chi connectivity index (χ1) is 7.63. The van der Waals surface area contributed by atoms with E-state index in [-0.39, 0.29) is 11.4 Å². The minimum absolute atomic E-state index is 0.0331. The van der Waals surface area contributed by atoms with Crippen LogP contribution in [0.1, 0.15) is 12.5 Å². The molecular formula is C12H14N2O2. The summed E-state index contributed by atoms with van der Waals surface area (Å²) in [4.78, 5) is 11.6. The van der Waals surface area contributed by atoms with Crippen molar-refractivity contribution in [1.29, 1.82) is 0 Å². The van der Waals surface area contributed by atoms with Crippen LogP contribution in [0.3, 0.4) is 0 Å². The van der Waals surface area contributed by atoms with Gasteiger partial charge in [0.05, 0.1) is 0 Å². The van der Waals surface area contributed by atoms with Crippen LogP contribution in [0.5, 0.6) is 5.88 Å². The fraction of sp³-hybridized carbons (Fsp3) is 0.250. The van der Waals surface area contributed by atoms with E-state index in [4.69, 9.17) is 0 Å². The molecule has 0 amide bonds. The molecule has 1 aromatic heterocycles. The van der Waals surface area contributed by atoms with Gasteiger partial charge in [0.2, 0.25) is 5.88 Å². The van der Waals surface area contributed by atoms with Crippen LogP contribution in [0.4, 0.5) is 0 Å². The van der Waals surface area contributed by atoms with Crippen molar-refractivity contribution in [3.8, 4) is 17.0 Å². The molecule has 1 aromatic carbocycles. The lowest BCUT2D eigenvalue weighted by atomic mass is 10.1. The molecule has 16 heavy (non-hydrogen) atoms. The van der Waals surface area contributed by atoms with Gasteiger partial charge in [-0.1, -0.05) is 31.2 Å². The molecule has 2 rings (SSSR count). The highest BCUT2D eigenvalue weighted by atomic mass is 16.3. The quantitative estimate of drug-likeness (QED) is 0.805. The molecule has 1 heterocycles. The Balaban J connectivity index is 2.54. The van der Waals surface area contributed by atoms with Gasteiger partial charge < -0.3 is 5.11 Å². The molecule has 0 aliphatic heterocycles. The van der Waals surface area contributed by atoms with Gasteiger partial charge in [0.15, 0.2) is 0 Å². The summed E-state index contributed by atoms with van der Waals surface area (Å²) in [5.74, 6) is -0.0331. The number of H-pyrrole nitrogens is 1. The van der Waals surface area contributed by atoms with Crippen molar-refractivity contribution < 1.29 is 5.11 Å². The fourth-order valence-electron chi connectivity index (χ4n) is 1.70. The molecule has 0 saturated heterocycles. The Morgan fingerprint density at radius 3 is 2.38 bits per heavy atom. The molecule has 0 atom stereocenters. The van der Waals surface area contributed by atoms with E-state index >= 15 is 0 Å². The number of rotatable bonds is 2. The Labute approximate surface area is 93.1 Å².